The molecule has 7 nitrogen and oxygen atoms in total. The first-order valence-electron chi connectivity index (χ1n) is 8.38. The second kappa shape index (κ2) is 7.01. The average molecular weight is 398 g/mol. The lowest BCUT2D eigenvalue weighted by molar-refractivity contribution is 0.0750. The van der Waals surface area contributed by atoms with Crippen LogP contribution in [-0.2, 0) is 23.1 Å². The largest absolute Gasteiger partial charge is 0.328 e. The van der Waals surface area contributed by atoms with Crippen molar-refractivity contribution in [3.63, 3.8) is 0 Å². The number of amides is 1. The van der Waals surface area contributed by atoms with Crippen molar-refractivity contribution in [1.29, 1.82) is 0 Å². The summed E-state index contributed by atoms with van der Waals surface area (Å²) in [6, 6.07) is 11.1. The molecule has 0 saturated heterocycles. The van der Waals surface area contributed by atoms with Crippen LogP contribution in [0.3, 0.4) is 0 Å². The molecule has 0 saturated carbocycles. The van der Waals surface area contributed by atoms with Crippen LogP contribution in [0.25, 0.3) is 0 Å². The van der Waals surface area contributed by atoms with Gasteiger partial charge in [-0.2, -0.15) is 0 Å². The molecule has 0 bridgehead atoms. The molecule has 3 aromatic rings. The molecular formula is C19H15FN4O3S. The molecule has 0 atom stereocenters. The number of hydrogen-bond acceptors (Lipinski definition) is 5. The van der Waals surface area contributed by atoms with Crippen LogP contribution in [-0.4, -0.2) is 29.2 Å². The number of halogens is 1. The molecule has 2 heterocycles. The lowest BCUT2D eigenvalue weighted by Crippen LogP contribution is -2.25. The van der Waals surface area contributed by atoms with E-state index in [1.54, 1.807) is 11.1 Å². The SMILES string of the molecule is O=C(c1ccc(NS(=O)(=O)c2ccccc2F)cc1)N1Cc2cncnc2C1. The molecule has 9 heteroatoms. The highest BCUT2D eigenvalue weighted by atomic mass is 32.2. The van der Waals surface area contributed by atoms with E-state index in [9.17, 15) is 17.6 Å². The quantitative estimate of drug-likeness (QED) is 0.729. The zero-order chi connectivity index (χ0) is 19.7. The summed E-state index contributed by atoms with van der Waals surface area (Å²) >= 11 is 0. The number of anilines is 1. The van der Waals surface area contributed by atoms with E-state index in [4.69, 9.17) is 0 Å². The Labute approximate surface area is 160 Å². The summed E-state index contributed by atoms with van der Waals surface area (Å²) < 4.78 is 40.8. The Morgan fingerprint density at radius 2 is 1.82 bits per heavy atom. The van der Waals surface area contributed by atoms with Gasteiger partial charge in [-0.3, -0.25) is 9.52 Å². The van der Waals surface area contributed by atoms with Gasteiger partial charge in [0.1, 0.15) is 17.0 Å². The third-order valence-corrected chi connectivity index (χ3v) is 5.80. The molecule has 1 aliphatic heterocycles. The van der Waals surface area contributed by atoms with Gasteiger partial charge in [0.05, 0.1) is 12.2 Å². The maximum absolute atomic E-state index is 13.8. The van der Waals surface area contributed by atoms with Crippen molar-refractivity contribution in [2.75, 3.05) is 4.72 Å². The average Bonchev–Trinajstić information content (AvgIpc) is 3.12. The molecule has 1 N–H and O–H groups in total. The molecule has 0 radical (unpaired) electrons. The van der Waals surface area contributed by atoms with Gasteiger partial charge >= 0.3 is 0 Å². The van der Waals surface area contributed by atoms with E-state index in [1.807, 2.05) is 0 Å². The number of aromatic nitrogens is 2. The standard InChI is InChI=1S/C19H15FN4O3S/c20-16-3-1-2-4-18(16)28(26,27)23-15-7-5-13(6-8-15)19(25)24-10-14-9-21-12-22-17(14)11-24/h1-9,12,23H,10-11H2. The van der Waals surface area contributed by atoms with Crippen LogP contribution in [0.4, 0.5) is 10.1 Å². The van der Waals surface area contributed by atoms with Gasteiger partial charge < -0.3 is 4.90 Å². The molecule has 2 aromatic carbocycles. The number of fused-ring (bicyclic) bond motifs is 1. The smallest absolute Gasteiger partial charge is 0.264 e. The van der Waals surface area contributed by atoms with Crippen LogP contribution >= 0.6 is 0 Å². The summed E-state index contributed by atoms with van der Waals surface area (Å²) in [6.45, 7) is 0.828. The minimum atomic E-state index is -4.06. The summed E-state index contributed by atoms with van der Waals surface area (Å²) in [7, 11) is -4.06. The van der Waals surface area contributed by atoms with Crippen LogP contribution in [0, 0.1) is 5.82 Å². The Morgan fingerprint density at radius 3 is 2.54 bits per heavy atom. The van der Waals surface area contributed by atoms with Gasteiger partial charge in [0, 0.05) is 29.6 Å². The number of rotatable bonds is 4. The molecule has 1 amide bonds. The highest BCUT2D eigenvalue weighted by Crippen LogP contribution is 2.23. The number of sulfonamides is 1. The second-order valence-electron chi connectivity index (χ2n) is 6.27. The predicted molar refractivity (Wildman–Crippen MR) is 99.3 cm³/mol. The Hall–Kier alpha value is -3.33. The zero-order valence-corrected chi connectivity index (χ0v) is 15.4. The van der Waals surface area contributed by atoms with E-state index in [1.165, 1.54) is 48.8 Å². The molecule has 4 rings (SSSR count). The fourth-order valence-corrected chi connectivity index (χ4v) is 4.12. The van der Waals surface area contributed by atoms with Crippen LogP contribution in [0.2, 0.25) is 0 Å². The third kappa shape index (κ3) is 3.44. The number of carbonyl (C=O) groups excluding carboxylic acids is 1. The highest BCUT2D eigenvalue weighted by molar-refractivity contribution is 7.92. The lowest BCUT2D eigenvalue weighted by atomic mass is 10.2. The molecule has 0 unspecified atom stereocenters. The molecule has 0 fully saturated rings. The summed E-state index contributed by atoms with van der Waals surface area (Å²) in [5.41, 5.74) is 2.37. The van der Waals surface area contributed by atoms with Crippen molar-refractivity contribution in [1.82, 2.24) is 14.9 Å². The highest BCUT2D eigenvalue weighted by Gasteiger charge is 2.25. The van der Waals surface area contributed by atoms with E-state index in [0.29, 0.717) is 18.7 Å². The number of benzene rings is 2. The van der Waals surface area contributed by atoms with E-state index >= 15 is 0 Å². The van der Waals surface area contributed by atoms with Gasteiger partial charge in [0.2, 0.25) is 0 Å². The topological polar surface area (TPSA) is 92.3 Å². The first-order valence-corrected chi connectivity index (χ1v) is 9.87. The second-order valence-corrected chi connectivity index (χ2v) is 7.92. The van der Waals surface area contributed by atoms with Gasteiger partial charge in [0.15, 0.2) is 0 Å². The van der Waals surface area contributed by atoms with Crippen molar-refractivity contribution >= 4 is 21.6 Å². The predicted octanol–water partition coefficient (Wildman–Crippen LogP) is 2.57. The number of carbonyl (C=O) groups is 1. The van der Waals surface area contributed by atoms with Crippen LogP contribution in [0.5, 0.6) is 0 Å². The van der Waals surface area contributed by atoms with Gasteiger partial charge in [-0.05, 0) is 36.4 Å². The maximum atomic E-state index is 13.8. The van der Waals surface area contributed by atoms with Crippen molar-refractivity contribution < 1.29 is 17.6 Å². The van der Waals surface area contributed by atoms with Gasteiger partial charge in [0.25, 0.3) is 15.9 Å². The van der Waals surface area contributed by atoms with E-state index in [0.717, 1.165) is 17.3 Å². The third-order valence-electron chi connectivity index (χ3n) is 4.38. The zero-order valence-electron chi connectivity index (χ0n) is 14.5. The molecule has 0 aliphatic carbocycles. The lowest BCUT2D eigenvalue weighted by Gasteiger charge is -2.15. The number of nitrogens with zero attached hydrogens (tertiary/aromatic N) is 3. The summed E-state index contributed by atoms with van der Waals surface area (Å²) in [5.74, 6) is -1.03. The minimum absolute atomic E-state index is 0.193. The fraction of sp³-hybridized carbons (Fsp3) is 0.105. The van der Waals surface area contributed by atoms with Crippen LogP contribution in [0.1, 0.15) is 21.6 Å². The van der Waals surface area contributed by atoms with E-state index in [-0.39, 0.29) is 11.6 Å². The maximum Gasteiger partial charge on any atom is 0.264 e. The van der Waals surface area contributed by atoms with E-state index in [2.05, 4.69) is 14.7 Å². The Kier molecular flexibility index (Phi) is 4.52. The normalized spacial score (nSPS) is 13.2. The van der Waals surface area contributed by atoms with Crippen molar-refractivity contribution in [2.45, 2.75) is 18.0 Å². The Balaban J connectivity index is 1.49. The summed E-state index contributed by atoms with van der Waals surface area (Å²) in [4.78, 5) is 22.0. The number of hydrogen-bond donors (Lipinski definition) is 1. The first kappa shape index (κ1) is 18.1. The molecule has 1 aliphatic rings. The molecule has 28 heavy (non-hydrogen) atoms. The molecule has 1 aromatic heterocycles. The van der Waals surface area contributed by atoms with Crippen LogP contribution in [0.15, 0.2) is 66.0 Å². The van der Waals surface area contributed by atoms with Crippen molar-refractivity contribution in [2.24, 2.45) is 0 Å². The molecule has 142 valence electrons. The van der Waals surface area contributed by atoms with Gasteiger partial charge in [-0.1, -0.05) is 12.1 Å². The molecular weight excluding hydrogens is 383 g/mol. The minimum Gasteiger partial charge on any atom is -0.328 e. The Bertz CT molecular complexity index is 1120. The monoisotopic (exact) mass is 398 g/mol. The van der Waals surface area contributed by atoms with Crippen LogP contribution < -0.4 is 4.72 Å². The Morgan fingerprint density at radius 1 is 1.07 bits per heavy atom. The van der Waals surface area contributed by atoms with Gasteiger partial charge in [-0.25, -0.2) is 22.8 Å². The van der Waals surface area contributed by atoms with E-state index < -0.39 is 20.7 Å². The first-order chi connectivity index (χ1) is 13.4. The molecule has 0 spiro atoms. The van der Waals surface area contributed by atoms with Crippen molar-refractivity contribution in [3.8, 4) is 0 Å². The summed E-state index contributed by atoms with van der Waals surface area (Å²) in [6.07, 6.45) is 3.14. The number of nitrogens with one attached hydrogen (secondary N) is 1. The fourth-order valence-electron chi connectivity index (χ4n) is 2.98. The van der Waals surface area contributed by atoms with Gasteiger partial charge in [-0.15, -0.1) is 0 Å². The van der Waals surface area contributed by atoms with Crippen molar-refractivity contribution in [3.05, 3.63) is 83.7 Å². The summed E-state index contributed by atoms with van der Waals surface area (Å²) in [5, 5.41) is 0.